The SMILES string of the molecule is CCC(C)(OC)C(=O)NCc1ccc(Br)cc1. The highest BCUT2D eigenvalue weighted by molar-refractivity contribution is 9.10. The average molecular weight is 300 g/mol. The fraction of sp³-hybridized carbons (Fsp3) is 0.462. The molecule has 1 rings (SSSR count). The number of nitrogens with one attached hydrogen (secondary N) is 1. The van der Waals surface area contributed by atoms with Gasteiger partial charge in [0.15, 0.2) is 0 Å². The third kappa shape index (κ3) is 3.82. The first-order chi connectivity index (χ1) is 8.01. The van der Waals surface area contributed by atoms with Gasteiger partial charge in [-0.15, -0.1) is 0 Å². The molecule has 0 spiro atoms. The van der Waals surface area contributed by atoms with E-state index in [0.717, 1.165) is 10.0 Å². The van der Waals surface area contributed by atoms with Gasteiger partial charge in [0.1, 0.15) is 5.60 Å². The van der Waals surface area contributed by atoms with Crippen LogP contribution >= 0.6 is 15.9 Å². The standard InChI is InChI=1S/C13H18BrNO2/c1-4-13(2,17-3)12(16)15-9-10-5-7-11(14)8-6-10/h5-8H,4,9H2,1-3H3,(H,15,16). The molecule has 0 saturated carbocycles. The third-order valence-corrected chi connectivity index (χ3v) is 3.50. The van der Waals surface area contributed by atoms with Crippen molar-refractivity contribution in [1.82, 2.24) is 5.32 Å². The van der Waals surface area contributed by atoms with Crippen LogP contribution < -0.4 is 5.32 Å². The molecule has 0 aliphatic rings. The molecule has 1 N–H and O–H groups in total. The summed E-state index contributed by atoms with van der Waals surface area (Å²) in [5.74, 6) is -0.0783. The molecule has 1 amide bonds. The number of hydrogen-bond donors (Lipinski definition) is 1. The largest absolute Gasteiger partial charge is 0.369 e. The Labute approximate surface area is 111 Å². The molecule has 0 bridgehead atoms. The van der Waals surface area contributed by atoms with Crippen LogP contribution in [0.3, 0.4) is 0 Å². The van der Waals surface area contributed by atoms with Gasteiger partial charge in [0.25, 0.3) is 5.91 Å². The summed E-state index contributed by atoms with van der Waals surface area (Å²) in [7, 11) is 1.56. The Morgan fingerprint density at radius 1 is 1.41 bits per heavy atom. The summed E-state index contributed by atoms with van der Waals surface area (Å²) in [6, 6.07) is 7.86. The first-order valence-corrected chi connectivity index (χ1v) is 6.39. The molecule has 1 aromatic carbocycles. The van der Waals surface area contributed by atoms with Gasteiger partial charge in [-0.2, -0.15) is 0 Å². The predicted octanol–water partition coefficient (Wildman–Crippen LogP) is 2.88. The number of rotatable bonds is 5. The lowest BCUT2D eigenvalue weighted by Gasteiger charge is -2.25. The van der Waals surface area contributed by atoms with Crippen LogP contribution in [0.1, 0.15) is 25.8 Å². The van der Waals surface area contributed by atoms with Crippen LogP contribution in [-0.2, 0) is 16.1 Å². The molecule has 3 nitrogen and oxygen atoms in total. The fourth-order valence-corrected chi connectivity index (χ4v) is 1.63. The van der Waals surface area contributed by atoms with Crippen LogP contribution in [0.25, 0.3) is 0 Å². The number of ether oxygens (including phenoxy) is 1. The molecule has 1 atom stereocenters. The number of halogens is 1. The number of carbonyl (C=O) groups is 1. The number of carbonyl (C=O) groups excluding carboxylic acids is 1. The molecule has 0 fully saturated rings. The zero-order valence-corrected chi connectivity index (χ0v) is 12.0. The molecular formula is C13H18BrNO2. The Kier molecular flexibility index (Phi) is 5.15. The maximum Gasteiger partial charge on any atom is 0.252 e. The first-order valence-electron chi connectivity index (χ1n) is 5.59. The summed E-state index contributed by atoms with van der Waals surface area (Å²) in [6.45, 7) is 4.25. The normalized spacial score (nSPS) is 14.1. The van der Waals surface area contributed by atoms with E-state index in [2.05, 4.69) is 21.2 Å². The second-order valence-corrected chi connectivity index (χ2v) is 5.01. The van der Waals surface area contributed by atoms with E-state index in [4.69, 9.17) is 4.74 Å². The van der Waals surface area contributed by atoms with E-state index in [9.17, 15) is 4.79 Å². The van der Waals surface area contributed by atoms with Gasteiger partial charge in [-0.25, -0.2) is 0 Å². The molecular weight excluding hydrogens is 282 g/mol. The smallest absolute Gasteiger partial charge is 0.252 e. The Hall–Kier alpha value is -0.870. The Morgan fingerprint density at radius 3 is 2.47 bits per heavy atom. The molecule has 1 aromatic rings. The topological polar surface area (TPSA) is 38.3 Å². The molecule has 94 valence electrons. The Morgan fingerprint density at radius 2 is 2.00 bits per heavy atom. The van der Waals surface area contributed by atoms with Crippen molar-refractivity contribution in [3.8, 4) is 0 Å². The lowest BCUT2D eigenvalue weighted by atomic mass is 10.0. The van der Waals surface area contributed by atoms with Crippen LogP contribution in [0.2, 0.25) is 0 Å². The highest BCUT2D eigenvalue weighted by atomic mass is 79.9. The summed E-state index contributed by atoms with van der Waals surface area (Å²) in [6.07, 6.45) is 0.648. The quantitative estimate of drug-likeness (QED) is 0.908. The highest BCUT2D eigenvalue weighted by Crippen LogP contribution is 2.15. The van der Waals surface area contributed by atoms with Gasteiger partial charge in [-0.05, 0) is 31.0 Å². The lowest BCUT2D eigenvalue weighted by Crippen LogP contribution is -2.45. The van der Waals surface area contributed by atoms with Gasteiger partial charge < -0.3 is 10.1 Å². The zero-order chi connectivity index (χ0) is 12.9. The molecule has 0 aliphatic carbocycles. The monoisotopic (exact) mass is 299 g/mol. The Balaban J connectivity index is 2.56. The highest BCUT2D eigenvalue weighted by Gasteiger charge is 2.30. The number of hydrogen-bond acceptors (Lipinski definition) is 2. The van der Waals surface area contributed by atoms with E-state index in [-0.39, 0.29) is 5.91 Å². The van der Waals surface area contributed by atoms with Crippen LogP contribution in [0.15, 0.2) is 28.7 Å². The molecule has 17 heavy (non-hydrogen) atoms. The zero-order valence-electron chi connectivity index (χ0n) is 10.4. The van der Waals surface area contributed by atoms with E-state index in [1.807, 2.05) is 31.2 Å². The summed E-state index contributed by atoms with van der Waals surface area (Å²) in [4.78, 5) is 11.9. The van der Waals surface area contributed by atoms with Crippen LogP contribution in [0.5, 0.6) is 0 Å². The van der Waals surface area contributed by atoms with Crippen LogP contribution in [-0.4, -0.2) is 18.6 Å². The molecule has 0 saturated heterocycles. The summed E-state index contributed by atoms with van der Waals surface area (Å²) < 4.78 is 6.27. The van der Waals surface area contributed by atoms with Crippen molar-refractivity contribution in [1.29, 1.82) is 0 Å². The van der Waals surface area contributed by atoms with E-state index in [0.29, 0.717) is 13.0 Å². The summed E-state index contributed by atoms with van der Waals surface area (Å²) in [5, 5.41) is 2.88. The number of amides is 1. The minimum atomic E-state index is -0.741. The molecule has 4 heteroatoms. The first kappa shape index (κ1) is 14.2. The van der Waals surface area contributed by atoms with Crippen molar-refractivity contribution in [2.45, 2.75) is 32.4 Å². The van der Waals surface area contributed by atoms with Crippen molar-refractivity contribution in [2.75, 3.05) is 7.11 Å². The van der Waals surface area contributed by atoms with Crippen molar-refractivity contribution in [3.63, 3.8) is 0 Å². The third-order valence-electron chi connectivity index (χ3n) is 2.97. The lowest BCUT2D eigenvalue weighted by molar-refractivity contribution is -0.142. The van der Waals surface area contributed by atoms with Gasteiger partial charge >= 0.3 is 0 Å². The molecule has 0 aromatic heterocycles. The van der Waals surface area contributed by atoms with E-state index < -0.39 is 5.60 Å². The minimum absolute atomic E-state index is 0.0783. The predicted molar refractivity (Wildman–Crippen MR) is 71.7 cm³/mol. The van der Waals surface area contributed by atoms with Gasteiger partial charge in [0, 0.05) is 18.1 Å². The summed E-state index contributed by atoms with van der Waals surface area (Å²) >= 11 is 3.37. The van der Waals surface area contributed by atoms with Crippen LogP contribution in [0, 0.1) is 0 Å². The molecule has 0 aliphatic heterocycles. The van der Waals surface area contributed by atoms with E-state index in [1.165, 1.54) is 0 Å². The molecule has 1 unspecified atom stereocenters. The van der Waals surface area contributed by atoms with Gasteiger partial charge in [0.05, 0.1) is 0 Å². The second-order valence-electron chi connectivity index (χ2n) is 4.10. The van der Waals surface area contributed by atoms with E-state index in [1.54, 1.807) is 14.0 Å². The fourth-order valence-electron chi connectivity index (χ4n) is 1.37. The maximum atomic E-state index is 11.9. The minimum Gasteiger partial charge on any atom is -0.369 e. The number of benzene rings is 1. The van der Waals surface area contributed by atoms with Gasteiger partial charge in [-0.1, -0.05) is 35.0 Å². The van der Waals surface area contributed by atoms with Gasteiger partial charge in [-0.3, -0.25) is 4.79 Å². The van der Waals surface area contributed by atoms with Crippen molar-refractivity contribution < 1.29 is 9.53 Å². The maximum absolute atomic E-state index is 11.9. The number of methoxy groups -OCH3 is 1. The van der Waals surface area contributed by atoms with Gasteiger partial charge in [0.2, 0.25) is 0 Å². The van der Waals surface area contributed by atoms with Crippen LogP contribution in [0.4, 0.5) is 0 Å². The molecule has 0 radical (unpaired) electrons. The molecule has 0 heterocycles. The average Bonchev–Trinajstić information content (AvgIpc) is 2.36. The van der Waals surface area contributed by atoms with Crippen molar-refractivity contribution in [2.24, 2.45) is 0 Å². The van der Waals surface area contributed by atoms with E-state index >= 15 is 0 Å². The van der Waals surface area contributed by atoms with Crippen molar-refractivity contribution in [3.05, 3.63) is 34.3 Å². The van der Waals surface area contributed by atoms with Crippen molar-refractivity contribution >= 4 is 21.8 Å². The second kappa shape index (κ2) is 6.17. The Bertz CT molecular complexity index is 372. The summed E-state index contributed by atoms with van der Waals surface area (Å²) in [5.41, 5.74) is 0.325.